The second-order valence-electron chi connectivity index (χ2n) is 5.74. The highest BCUT2D eigenvalue weighted by Gasteiger charge is 2.06. The largest absolute Gasteiger partial charge is 0.355 e. The van der Waals surface area contributed by atoms with Gasteiger partial charge in [0, 0.05) is 25.7 Å². The Morgan fingerprint density at radius 2 is 1.87 bits per heavy atom. The van der Waals surface area contributed by atoms with Crippen LogP contribution in [0.5, 0.6) is 0 Å². The van der Waals surface area contributed by atoms with Gasteiger partial charge in [0.2, 0.25) is 0 Å². The lowest BCUT2D eigenvalue weighted by molar-refractivity contribution is 0.0963. The molecule has 0 radical (unpaired) electrons. The topological polar surface area (TPSA) is 70.2 Å². The zero-order chi connectivity index (χ0) is 16.5. The third-order valence-corrected chi connectivity index (χ3v) is 4.01. The number of urea groups is 1. The Balaban J connectivity index is 1.67. The SMILES string of the molecule is CNC(=O)c1ccc(CNC(=O)NCCC2=CCCCC2)cc1. The lowest BCUT2D eigenvalue weighted by Gasteiger charge is -2.13. The molecule has 5 heteroatoms. The van der Waals surface area contributed by atoms with Crippen LogP contribution in [-0.4, -0.2) is 25.5 Å². The van der Waals surface area contributed by atoms with Crippen LogP contribution in [-0.2, 0) is 6.54 Å². The molecule has 3 amide bonds. The number of rotatable bonds is 6. The monoisotopic (exact) mass is 315 g/mol. The Hall–Kier alpha value is -2.30. The molecular formula is C18H25N3O2. The van der Waals surface area contributed by atoms with Crippen molar-refractivity contribution in [2.75, 3.05) is 13.6 Å². The molecule has 0 aromatic heterocycles. The molecule has 0 fully saturated rings. The van der Waals surface area contributed by atoms with Crippen molar-refractivity contribution in [1.29, 1.82) is 0 Å². The van der Waals surface area contributed by atoms with Crippen molar-refractivity contribution in [3.63, 3.8) is 0 Å². The number of hydrogen-bond donors (Lipinski definition) is 3. The van der Waals surface area contributed by atoms with Crippen LogP contribution in [0, 0.1) is 0 Å². The van der Waals surface area contributed by atoms with Crippen molar-refractivity contribution < 1.29 is 9.59 Å². The van der Waals surface area contributed by atoms with Crippen LogP contribution in [0.25, 0.3) is 0 Å². The zero-order valence-electron chi connectivity index (χ0n) is 13.7. The quantitative estimate of drug-likeness (QED) is 0.706. The van der Waals surface area contributed by atoms with E-state index in [-0.39, 0.29) is 11.9 Å². The molecule has 3 N–H and O–H groups in total. The highest BCUT2D eigenvalue weighted by molar-refractivity contribution is 5.93. The summed E-state index contributed by atoms with van der Waals surface area (Å²) < 4.78 is 0. The molecule has 23 heavy (non-hydrogen) atoms. The van der Waals surface area contributed by atoms with Gasteiger partial charge in [-0.3, -0.25) is 4.79 Å². The number of allylic oxidation sites excluding steroid dienone is 1. The third-order valence-electron chi connectivity index (χ3n) is 4.01. The van der Waals surface area contributed by atoms with Gasteiger partial charge in [-0.1, -0.05) is 23.8 Å². The number of hydrogen-bond acceptors (Lipinski definition) is 2. The van der Waals surface area contributed by atoms with Crippen molar-refractivity contribution in [3.8, 4) is 0 Å². The molecule has 0 aliphatic heterocycles. The molecule has 0 atom stereocenters. The van der Waals surface area contributed by atoms with Crippen molar-refractivity contribution in [3.05, 3.63) is 47.0 Å². The summed E-state index contributed by atoms with van der Waals surface area (Å²) in [4.78, 5) is 23.2. The lowest BCUT2D eigenvalue weighted by atomic mass is 9.97. The van der Waals surface area contributed by atoms with E-state index < -0.39 is 0 Å². The van der Waals surface area contributed by atoms with Gasteiger partial charge in [-0.05, 0) is 49.8 Å². The van der Waals surface area contributed by atoms with Gasteiger partial charge in [-0.25, -0.2) is 4.79 Å². The van der Waals surface area contributed by atoms with Crippen LogP contribution in [0.15, 0.2) is 35.9 Å². The Labute approximate surface area is 137 Å². The average Bonchev–Trinajstić information content (AvgIpc) is 2.60. The van der Waals surface area contributed by atoms with E-state index in [1.54, 1.807) is 19.2 Å². The van der Waals surface area contributed by atoms with Gasteiger partial charge in [0.25, 0.3) is 5.91 Å². The van der Waals surface area contributed by atoms with Gasteiger partial charge in [-0.15, -0.1) is 0 Å². The molecule has 0 saturated heterocycles. The zero-order valence-corrected chi connectivity index (χ0v) is 13.7. The van der Waals surface area contributed by atoms with Crippen LogP contribution < -0.4 is 16.0 Å². The molecule has 5 nitrogen and oxygen atoms in total. The van der Waals surface area contributed by atoms with Crippen molar-refractivity contribution in [1.82, 2.24) is 16.0 Å². The van der Waals surface area contributed by atoms with Gasteiger partial charge < -0.3 is 16.0 Å². The van der Waals surface area contributed by atoms with E-state index in [2.05, 4.69) is 22.0 Å². The predicted octanol–water partition coefficient (Wildman–Crippen LogP) is 2.74. The molecule has 0 bridgehead atoms. The number of amides is 3. The summed E-state index contributed by atoms with van der Waals surface area (Å²) in [6, 6.07) is 7.04. The maximum Gasteiger partial charge on any atom is 0.315 e. The van der Waals surface area contributed by atoms with Crippen molar-refractivity contribution in [2.45, 2.75) is 38.6 Å². The Bertz CT molecular complexity index is 564. The fourth-order valence-corrected chi connectivity index (χ4v) is 2.63. The van der Waals surface area contributed by atoms with E-state index in [1.165, 1.54) is 31.3 Å². The highest BCUT2D eigenvalue weighted by Crippen LogP contribution is 2.19. The first-order valence-electron chi connectivity index (χ1n) is 8.19. The van der Waals surface area contributed by atoms with Crippen LogP contribution in [0.1, 0.15) is 48.0 Å². The molecule has 124 valence electrons. The molecule has 1 aliphatic carbocycles. The first kappa shape index (κ1) is 17.1. The maximum atomic E-state index is 11.8. The summed E-state index contributed by atoms with van der Waals surface area (Å²) in [7, 11) is 1.60. The van der Waals surface area contributed by atoms with E-state index >= 15 is 0 Å². The first-order valence-corrected chi connectivity index (χ1v) is 8.19. The fourth-order valence-electron chi connectivity index (χ4n) is 2.63. The molecule has 0 unspecified atom stereocenters. The minimum atomic E-state index is -0.156. The Morgan fingerprint density at radius 1 is 1.09 bits per heavy atom. The number of carbonyl (C=O) groups is 2. The van der Waals surface area contributed by atoms with Crippen LogP contribution in [0.2, 0.25) is 0 Å². The smallest absolute Gasteiger partial charge is 0.315 e. The standard InChI is InChI=1S/C18H25N3O2/c1-19-17(22)16-9-7-15(8-10-16)13-21-18(23)20-12-11-14-5-3-2-4-6-14/h5,7-10H,2-4,6,11-13H2,1H3,(H,19,22)(H2,20,21,23). The van der Waals surface area contributed by atoms with Gasteiger partial charge in [0.15, 0.2) is 0 Å². The van der Waals surface area contributed by atoms with Crippen LogP contribution in [0.3, 0.4) is 0 Å². The number of carbonyl (C=O) groups excluding carboxylic acids is 2. The fraction of sp³-hybridized carbons (Fsp3) is 0.444. The minimum absolute atomic E-state index is 0.112. The summed E-state index contributed by atoms with van der Waals surface area (Å²) in [5.74, 6) is -0.112. The van der Waals surface area contributed by atoms with Gasteiger partial charge in [-0.2, -0.15) is 0 Å². The molecule has 1 aromatic rings. The predicted molar refractivity (Wildman–Crippen MR) is 91.2 cm³/mol. The second-order valence-corrected chi connectivity index (χ2v) is 5.74. The maximum absolute atomic E-state index is 11.8. The Kier molecular flexibility index (Phi) is 6.66. The average molecular weight is 315 g/mol. The summed E-state index contributed by atoms with van der Waals surface area (Å²) >= 11 is 0. The molecule has 0 saturated carbocycles. The normalized spacial score (nSPS) is 13.9. The second kappa shape index (κ2) is 8.98. The van der Waals surface area contributed by atoms with E-state index in [1.807, 2.05) is 12.1 Å². The van der Waals surface area contributed by atoms with E-state index in [4.69, 9.17) is 0 Å². The first-order chi connectivity index (χ1) is 11.2. The van der Waals surface area contributed by atoms with Gasteiger partial charge in [0.05, 0.1) is 0 Å². The van der Waals surface area contributed by atoms with Gasteiger partial charge in [0.1, 0.15) is 0 Å². The summed E-state index contributed by atoms with van der Waals surface area (Å²) in [5, 5.41) is 8.29. The van der Waals surface area contributed by atoms with Crippen molar-refractivity contribution >= 4 is 11.9 Å². The van der Waals surface area contributed by atoms with E-state index in [9.17, 15) is 9.59 Å². The number of nitrogens with one attached hydrogen (secondary N) is 3. The molecule has 1 aromatic carbocycles. The van der Waals surface area contributed by atoms with Crippen LogP contribution >= 0.6 is 0 Å². The minimum Gasteiger partial charge on any atom is -0.355 e. The lowest BCUT2D eigenvalue weighted by Crippen LogP contribution is -2.35. The summed E-state index contributed by atoms with van der Waals surface area (Å²) in [5.41, 5.74) is 3.03. The molecule has 0 spiro atoms. The number of benzene rings is 1. The molecule has 2 rings (SSSR count). The highest BCUT2D eigenvalue weighted by atomic mass is 16.2. The van der Waals surface area contributed by atoms with Gasteiger partial charge >= 0.3 is 6.03 Å². The molecular weight excluding hydrogens is 290 g/mol. The molecule has 1 aliphatic rings. The third kappa shape index (κ3) is 5.77. The van der Waals surface area contributed by atoms with E-state index in [0.717, 1.165) is 12.0 Å². The summed E-state index contributed by atoms with van der Waals surface area (Å²) in [6.45, 7) is 1.12. The summed E-state index contributed by atoms with van der Waals surface area (Å²) in [6.07, 6.45) is 8.14. The molecule has 0 heterocycles. The van der Waals surface area contributed by atoms with Crippen LogP contribution in [0.4, 0.5) is 4.79 Å². The Morgan fingerprint density at radius 3 is 2.52 bits per heavy atom. The van der Waals surface area contributed by atoms with Crippen molar-refractivity contribution in [2.24, 2.45) is 0 Å². The van der Waals surface area contributed by atoms with E-state index in [0.29, 0.717) is 18.7 Å².